The van der Waals surface area contributed by atoms with Gasteiger partial charge in [-0.05, 0) is 72.8 Å². The van der Waals surface area contributed by atoms with Crippen LogP contribution in [0.4, 0.5) is 34.1 Å². The highest BCUT2D eigenvalue weighted by Crippen LogP contribution is 2.29. The van der Waals surface area contributed by atoms with E-state index in [2.05, 4.69) is 30.8 Å². The summed E-state index contributed by atoms with van der Waals surface area (Å²) in [6, 6.07) is 25.8. The Kier molecular flexibility index (Phi) is 6.01. The van der Waals surface area contributed by atoms with Gasteiger partial charge in [-0.1, -0.05) is 12.1 Å². The molecule has 168 valence electrons. The van der Waals surface area contributed by atoms with Crippen LogP contribution in [0.15, 0.2) is 104 Å². The number of amides is 1. The lowest BCUT2D eigenvalue weighted by molar-refractivity contribution is 0.102. The highest BCUT2D eigenvalue weighted by atomic mass is 16.1. The summed E-state index contributed by atoms with van der Waals surface area (Å²) in [5, 5.41) is 10.5. The lowest BCUT2D eigenvalue weighted by Crippen LogP contribution is -2.11. The molecular weight excluding hydrogens is 436 g/mol. The Bertz CT molecular complexity index is 1540. The molecule has 2 heterocycles. The second kappa shape index (κ2) is 9.73. The van der Waals surface area contributed by atoms with Gasteiger partial charge in [-0.3, -0.25) is 14.8 Å². The molecule has 0 aliphatic carbocycles. The summed E-state index contributed by atoms with van der Waals surface area (Å²) >= 11 is 0. The molecule has 0 fully saturated rings. The van der Waals surface area contributed by atoms with E-state index in [4.69, 9.17) is 6.57 Å². The third kappa shape index (κ3) is 5.07. The van der Waals surface area contributed by atoms with Gasteiger partial charge in [0.1, 0.15) is 0 Å². The number of pyridine rings is 2. The van der Waals surface area contributed by atoms with Crippen molar-refractivity contribution >= 4 is 50.9 Å². The van der Waals surface area contributed by atoms with E-state index in [0.717, 1.165) is 33.7 Å². The van der Waals surface area contributed by atoms with Gasteiger partial charge in [-0.2, -0.15) is 0 Å². The van der Waals surface area contributed by atoms with Crippen LogP contribution in [0.5, 0.6) is 0 Å². The van der Waals surface area contributed by atoms with Crippen LogP contribution in [0, 0.1) is 6.57 Å². The van der Waals surface area contributed by atoms with Gasteiger partial charge in [-0.15, -0.1) is 0 Å². The van der Waals surface area contributed by atoms with Gasteiger partial charge in [-0.25, -0.2) is 4.85 Å². The number of aromatic nitrogens is 2. The number of hydrogen-bond donors (Lipinski definition) is 3. The highest BCUT2D eigenvalue weighted by Gasteiger charge is 2.08. The maximum Gasteiger partial charge on any atom is 0.255 e. The quantitative estimate of drug-likeness (QED) is 0.242. The zero-order chi connectivity index (χ0) is 24.0. The summed E-state index contributed by atoms with van der Waals surface area (Å²) in [6.07, 6.45) is 5.16. The third-order valence-corrected chi connectivity index (χ3v) is 5.37. The molecule has 0 aliphatic rings. The third-order valence-electron chi connectivity index (χ3n) is 5.37. The van der Waals surface area contributed by atoms with Crippen LogP contribution in [0.1, 0.15) is 10.4 Å². The topological polar surface area (TPSA) is 83.3 Å². The molecule has 0 unspecified atom stereocenters. The summed E-state index contributed by atoms with van der Waals surface area (Å²) in [4.78, 5) is 24.7. The number of carbonyl (C=O) groups is 1. The van der Waals surface area contributed by atoms with Crippen molar-refractivity contribution < 1.29 is 4.79 Å². The molecule has 5 aromatic rings. The maximum atomic E-state index is 12.8. The van der Waals surface area contributed by atoms with Crippen molar-refractivity contribution in [1.82, 2.24) is 9.97 Å². The second-order valence-corrected chi connectivity index (χ2v) is 7.77. The minimum Gasteiger partial charge on any atom is -0.355 e. The lowest BCUT2D eigenvalue weighted by atomic mass is 10.1. The van der Waals surface area contributed by atoms with Gasteiger partial charge in [0.25, 0.3) is 5.91 Å². The lowest BCUT2D eigenvalue weighted by Gasteiger charge is -2.12. The molecular formula is C28H20N6O. The van der Waals surface area contributed by atoms with E-state index < -0.39 is 0 Å². The van der Waals surface area contributed by atoms with Crippen molar-refractivity contribution in [2.45, 2.75) is 0 Å². The van der Waals surface area contributed by atoms with Crippen molar-refractivity contribution in [2.75, 3.05) is 16.0 Å². The summed E-state index contributed by atoms with van der Waals surface area (Å²) in [7, 11) is 0. The van der Waals surface area contributed by atoms with Gasteiger partial charge < -0.3 is 16.0 Å². The molecule has 0 saturated carbocycles. The van der Waals surface area contributed by atoms with E-state index in [1.807, 2.05) is 66.7 Å². The first-order chi connectivity index (χ1) is 17.2. The standard InChI is InChI=1S/C28H20N6O/c1-29-22-9-10-26-25(18-22)27(13-16-31-26)33-23-3-2-4-24(17-23)34-28(35)19-5-7-20(8-6-19)32-21-11-14-30-15-12-21/h2-18H,(H,30,32)(H,31,33)(H,34,35). The first kappa shape index (κ1) is 21.6. The number of carbonyl (C=O) groups excluding carboxylic acids is 1. The Morgan fingerprint density at radius 1 is 0.743 bits per heavy atom. The Balaban J connectivity index is 1.29. The summed E-state index contributed by atoms with van der Waals surface area (Å²) in [6.45, 7) is 7.28. The van der Waals surface area contributed by atoms with Gasteiger partial charge in [0.05, 0.1) is 12.1 Å². The highest BCUT2D eigenvalue weighted by molar-refractivity contribution is 6.04. The monoisotopic (exact) mass is 456 g/mol. The normalized spacial score (nSPS) is 10.4. The number of nitrogens with one attached hydrogen (secondary N) is 3. The fourth-order valence-corrected chi connectivity index (χ4v) is 3.65. The molecule has 0 atom stereocenters. The first-order valence-corrected chi connectivity index (χ1v) is 10.9. The Morgan fingerprint density at radius 2 is 1.51 bits per heavy atom. The molecule has 5 rings (SSSR count). The summed E-state index contributed by atoms with van der Waals surface area (Å²) in [5.74, 6) is -0.200. The van der Waals surface area contributed by atoms with Crippen molar-refractivity contribution in [3.05, 3.63) is 121 Å². The average Bonchev–Trinajstić information content (AvgIpc) is 2.90. The molecule has 2 aromatic heterocycles. The number of hydrogen-bond acceptors (Lipinski definition) is 5. The molecule has 0 bridgehead atoms. The maximum absolute atomic E-state index is 12.8. The minimum atomic E-state index is -0.200. The summed E-state index contributed by atoms with van der Waals surface area (Å²) < 4.78 is 0. The first-order valence-electron chi connectivity index (χ1n) is 10.9. The van der Waals surface area contributed by atoms with E-state index in [1.165, 1.54) is 0 Å². The minimum absolute atomic E-state index is 0.200. The number of benzene rings is 3. The van der Waals surface area contributed by atoms with Crippen LogP contribution in [0.25, 0.3) is 15.7 Å². The average molecular weight is 457 g/mol. The van der Waals surface area contributed by atoms with Crippen LogP contribution < -0.4 is 16.0 Å². The molecule has 0 saturated heterocycles. The SMILES string of the molecule is [C-]#[N+]c1ccc2nccc(Nc3cccc(NC(=O)c4ccc(Nc5ccncc5)cc4)c3)c2c1. The van der Waals surface area contributed by atoms with Crippen molar-refractivity contribution in [1.29, 1.82) is 0 Å². The largest absolute Gasteiger partial charge is 0.355 e. The van der Waals surface area contributed by atoms with Crippen LogP contribution in [0.2, 0.25) is 0 Å². The van der Waals surface area contributed by atoms with Crippen LogP contribution >= 0.6 is 0 Å². The van der Waals surface area contributed by atoms with Gasteiger partial charge in [0, 0.05) is 58.0 Å². The van der Waals surface area contributed by atoms with Crippen LogP contribution in [0.3, 0.4) is 0 Å². The number of anilines is 5. The van der Waals surface area contributed by atoms with Crippen molar-refractivity contribution in [3.8, 4) is 0 Å². The molecule has 0 radical (unpaired) electrons. The van der Waals surface area contributed by atoms with Crippen LogP contribution in [-0.4, -0.2) is 15.9 Å². The molecule has 35 heavy (non-hydrogen) atoms. The van der Waals surface area contributed by atoms with Crippen molar-refractivity contribution in [3.63, 3.8) is 0 Å². The Morgan fingerprint density at radius 3 is 2.31 bits per heavy atom. The molecule has 7 nitrogen and oxygen atoms in total. The van der Waals surface area contributed by atoms with Crippen LogP contribution in [-0.2, 0) is 0 Å². The Labute approximate surface area is 202 Å². The van der Waals surface area contributed by atoms with Gasteiger partial charge in [0.15, 0.2) is 5.69 Å². The van der Waals surface area contributed by atoms with E-state index in [1.54, 1.807) is 36.8 Å². The molecule has 1 amide bonds. The zero-order valence-corrected chi connectivity index (χ0v) is 18.6. The Hall–Kier alpha value is -5.22. The number of nitrogens with zero attached hydrogens (tertiary/aromatic N) is 3. The fraction of sp³-hybridized carbons (Fsp3) is 0. The van der Waals surface area contributed by atoms with E-state index in [-0.39, 0.29) is 5.91 Å². The van der Waals surface area contributed by atoms with Crippen molar-refractivity contribution in [2.24, 2.45) is 0 Å². The molecule has 3 N–H and O–H groups in total. The number of rotatable bonds is 6. The molecule has 3 aromatic carbocycles. The van der Waals surface area contributed by atoms with Gasteiger partial charge in [0.2, 0.25) is 0 Å². The van der Waals surface area contributed by atoms with E-state index >= 15 is 0 Å². The predicted octanol–water partition coefficient (Wildman–Crippen LogP) is 6.92. The zero-order valence-electron chi connectivity index (χ0n) is 18.6. The van der Waals surface area contributed by atoms with E-state index in [9.17, 15) is 4.79 Å². The molecule has 0 aliphatic heterocycles. The van der Waals surface area contributed by atoms with Gasteiger partial charge >= 0.3 is 0 Å². The smallest absolute Gasteiger partial charge is 0.255 e. The molecule has 0 spiro atoms. The second-order valence-electron chi connectivity index (χ2n) is 7.77. The summed E-state index contributed by atoms with van der Waals surface area (Å²) in [5.41, 5.74) is 6.01. The number of fused-ring (bicyclic) bond motifs is 1. The predicted molar refractivity (Wildman–Crippen MR) is 140 cm³/mol. The fourth-order valence-electron chi connectivity index (χ4n) is 3.65. The van der Waals surface area contributed by atoms with E-state index in [0.29, 0.717) is 16.9 Å². The molecule has 7 heteroatoms.